The zero-order valence-corrected chi connectivity index (χ0v) is 13.2. The Labute approximate surface area is 113 Å². The minimum atomic E-state index is -0.143. The molecule has 0 aliphatic rings. The molecule has 0 aromatic carbocycles. The van der Waals surface area contributed by atoms with Crippen molar-refractivity contribution in [1.29, 1.82) is 0 Å². The van der Waals surface area contributed by atoms with Crippen LogP contribution in [0.1, 0.15) is 53.4 Å². The van der Waals surface area contributed by atoms with Gasteiger partial charge < -0.3 is 5.11 Å². The molecule has 104 valence electrons. The molecule has 1 N–H and O–H groups in total. The van der Waals surface area contributed by atoms with E-state index in [1.165, 1.54) is 25.7 Å². The second-order valence-corrected chi connectivity index (χ2v) is 6.30. The molecule has 0 aromatic heterocycles. The monoisotopic (exact) mass is 261 g/mol. The Hall–Kier alpha value is 0.270. The van der Waals surface area contributed by atoms with Gasteiger partial charge in [-0.2, -0.15) is 12.6 Å². The summed E-state index contributed by atoms with van der Waals surface area (Å²) in [4.78, 5) is 2.29. The van der Waals surface area contributed by atoms with Crippen LogP contribution in [0.25, 0.3) is 0 Å². The standard InChI is InChI=1S/C14H31NOS/c1-6-8-14(12-17,9-7-2)10-15(5)13(3,4)11-16/h16-17H,6-12H2,1-5H3. The van der Waals surface area contributed by atoms with Crippen LogP contribution in [0.4, 0.5) is 0 Å². The van der Waals surface area contributed by atoms with Crippen molar-refractivity contribution in [2.45, 2.75) is 58.9 Å². The van der Waals surface area contributed by atoms with Crippen LogP contribution in [-0.4, -0.2) is 41.5 Å². The minimum Gasteiger partial charge on any atom is -0.394 e. The van der Waals surface area contributed by atoms with Crippen molar-refractivity contribution in [3.63, 3.8) is 0 Å². The van der Waals surface area contributed by atoms with Gasteiger partial charge in [0.1, 0.15) is 0 Å². The van der Waals surface area contributed by atoms with Gasteiger partial charge >= 0.3 is 0 Å². The molecule has 0 radical (unpaired) electrons. The molecule has 0 saturated carbocycles. The van der Waals surface area contributed by atoms with E-state index < -0.39 is 0 Å². The van der Waals surface area contributed by atoms with Gasteiger partial charge in [0.2, 0.25) is 0 Å². The summed E-state index contributed by atoms with van der Waals surface area (Å²) in [7, 11) is 2.11. The molecule has 2 nitrogen and oxygen atoms in total. The molecule has 0 unspecified atom stereocenters. The molecule has 3 heteroatoms. The number of nitrogens with zero attached hydrogens (tertiary/aromatic N) is 1. The largest absolute Gasteiger partial charge is 0.394 e. The first-order valence-electron chi connectivity index (χ1n) is 6.80. The van der Waals surface area contributed by atoms with Crippen molar-refractivity contribution in [3.05, 3.63) is 0 Å². The van der Waals surface area contributed by atoms with Gasteiger partial charge in [-0.25, -0.2) is 0 Å². The fourth-order valence-corrected chi connectivity index (χ4v) is 2.81. The molecule has 0 aliphatic heterocycles. The molecule has 0 spiro atoms. The number of likely N-dealkylation sites (N-methyl/N-ethyl adjacent to an activating group) is 1. The first-order chi connectivity index (χ1) is 7.87. The van der Waals surface area contributed by atoms with Crippen LogP contribution in [0.5, 0.6) is 0 Å². The SMILES string of the molecule is CCCC(CS)(CCC)CN(C)C(C)(C)CO. The highest BCUT2D eigenvalue weighted by Crippen LogP contribution is 2.33. The quantitative estimate of drug-likeness (QED) is 0.623. The third kappa shape index (κ3) is 5.19. The molecule has 0 atom stereocenters. The molecule has 0 bridgehead atoms. The summed E-state index contributed by atoms with van der Waals surface area (Å²) in [5.41, 5.74) is 0.156. The Morgan fingerprint density at radius 3 is 1.88 bits per heavy atom. The van der Waals surface area contributed by atoms with Gasteiger partial charge in [0.15, 0.2) is 0 Å². The van der Waals surface area contributed by atoms with E-state index in [4.69, 9.17) is 0 Å². The number of thiol groups is 1. The van der Waals surface area contributed by atoms with E-state index in [2.05, 4.69) is 52.3 Å². The van der Waals surface area contributed by atoms with Gasteiger partial charge in [0, 0.05) is 12.1 Å². The summed E-state index contributed by atoms with van der Waals surface area (Å²) in [5, 5.41) is 9.43. The van der Waals surface area contributed by atoms with Gasteiger partial charge in [-0.15, -0.1) is 0 Å². The lowest BCUT2D eigenvalue weighted by molar-refractivity contribution is 0.0410. The minimum absolute atomic E-state index is 0.143. The fourth-order valence-electron chi connectivity index (χ4n) is 2.39. The maximum atomic E-state index is 9.43. The number of hydrogen-bond donors (Lipinski definition) is 2. The van der Waals surface area contributed by atoms with Crippen LogP contribution in [0.15, 0.2) is 0 Å². The van der Waals surface area contributed by atoms with Crippen molar-refractivity contribution in [2.75, 3.05) is 26.0 Å². The van der Waals surface area contributed by atoms with Gasteiger partial charge in [0.05, 0.1) is 6.61 Å². The van der Waals surface area contributed by atoms with E-state index >= 15 is 0 Å². The van der Waals surface area contributed by atoms with E-state index in [1.807, 2.05) is 0 Å². The highest BCUT2D eigenvalue weighted by Gasteiger charge is 2.33. The normalized spacial score (nSPS) is 13.4. The number of aliphatic hydroxyl groups is 1. The number of aliphatic hydroxyl groups excluding tert-OH is 1. The van der Waals surface area contributed by atoms with E-state index in [0.717, 1.165) is 12.3 Å². The molecule has 0 aromatic rings. The average Bonchev–Trinajstić information content (AvgIpc) is 2.29. The Balaban J connectivity index is 4.72. The van der Waals surface area contributed by atoms with E-state index in [1.54, 1.807) is 0 Å². The zero-order chi connectivity index (χ0) is 13.5. The summed E-state index contributed by atoms with van der Waals surface area (Å²) >= 11 is 4.58. The Kier molecular flexibility index (Phi) is 7.77. The average molecular weight is 261 g/mol. The lowest BCUT2D eigenvalue weighted by atomic mass is 9.79. The van der Waals surface area contributed by atoms with Crippen LogP contribution in [0.3, 0.4) is 0 Å². The topological polar surface area (TPSA) is 23.5 Å². The van der Waals surface area contributed by atoms with Crippen molar-refractivity contribution < 1.29 is 5.11 Å². The van der Waals surface area contributed by atoms with Gasteiger partial charge in [-0.1, -0.05) is 26.7 Å². The van der Waals surface area contributed by atoms with Gasteiger partial charge in [0.25, 0.3) is 0 Å². The van der Waals surface area contributed by atoms with E-state index in [9.17, 15) is 5.11 Å². The lowest BCUT2D eigenvalue weighted by Crippen LogP contribution is -2.49. The molecule has 0 heterocycles. The summed E-state index contributed by atoms with van der Waals surface area (Å²) in [5.74, 6) is 0.931. The predicted octanol–water partition coefficient (Wildman–Crippen LogP) is 3.21. The van der Waals surface area contributed by atoms with E-state index in [-0.39, 0.29) is 12.1 Å². The number of rotatable bonds is 9. The van der Waals surface area contributed by atoms with Crippen molar-refractivity contribution in [2.24, 2.45) is 5.41 Å². The third-order valence-electron chi connectivity index (χ3n) is 3.89. The summed E-state index contributed by atoms with van der Waals surface area (Å²) in [6, 6.07) is 0. The molecular weight excluding hydrogens is 230 g/mol. The Morgan fingerprint density at radius 1 is 1.12 bits per heavy atom. The van der Waals surface area contributed by atoms with Crippen LogP contribution >= 0.6 is 12.6 Å². The Bertz CT molecular complexity index is 200. The summed E-state index contributed by atoms with van der Waals surface area (Å²) in [6.07, 6.45) is 4.84. The van der Waals surface area contributed by atoms with Gasteiger partial charge in [-0.05, 0) is 44.9 Å². The lowest BCUT2D eigenvalue weighted by Gasteiger charge is -2.42. The van der Waals surface area contributed by atoms with Crippen LogP contribution < -0.4 is 0 Å². The second-order valence-electron chi connectivity index (χ2n) is 5.98. The van der Waals surface area contributed by atoms with Crippen LogP contribution in [0.2, 0.25) is 0 Å². The van der Waals surface area contributed by atoms with E-state index in [0.29, 0.717) is 5.41 Å². The molecule has 0 rings (SSSR count). The third-order valence-corrected chi connectivity index (χ3v) is 4.56. The first kappa shape index (κ1) is 17.3. The predicted molar refractivity (Wildman–Crippen MR) is 79.9 cm³/mol. The second kappa shape index (κ2) is 7.65. The molecule has 0 amide bonds. The molecule has 0 saturated heterocycles. The molecule has 0 aliphatic carbocycles. The maximum Gasteiger partial charge on any atom is 0.0609 e. The summed E-state index contributed by atoms with van der Waals surface area (Å²) in [6.45, 7) is 9.88. The van der Waals surface area contributed by atoms with Crippen molar-refractivity contribution >= 4 is 12.6 Å². The number of hydrogen-bond acceptors (Lipinski definition) is 3. The van der Waals surface area contributed by atoms with Crippen molar-refractivity contribution in [3.8, 4) is 0 Å². The highest BCUT2D eigenvalue weighted by molar-refractivity contribution is 7.80. The fraction of sp³-hybridized carbons (Fsp3) is 1.00. The van der Waals surface area contributed by atoms with Crippen molar-refractivity contribution in [1.82, 2.24) is 4.90 Å². The first-order valence-corrected chi connectivity index (χ1v) is 7.43. The zero-order valence-electron chi connectivity index (χ0n) is 12.3. The smallest absolute Gasteiger partial charge is 0.0609 e. The summed E-state index contributed by atoms with van der Waals surface area (Å²) < 4.78 is 0. The highest BCUT2D eigenvalue weighted by atomic mass is 32.1. The molecule has 0 fully saturated rings. The Morgan fingerprint density at radius 2 is 1.59 bits per heavy atom. The molecular formula is C14H31NOS. The van der Waals surface area contributed by atoms with Crippen LogP contribution in [-0.2, 0) is 0 Å². The molecule has 17 heavy (non-hydrogen) atoms. The van der Waals surface area contributed by atoms with Gasteiger partial charge in [-0.3, -0.25) is 4.90 Å². The van der Waals surface area contributed by atoms with Crippen LogP contribution in [0, 0.1) is 5.41 Å². The maximum absolute atomic E-state index is 9.43.